The zero-order valence-corrected chi connectivity index (χ0v) is 16.8. The third-order valence-corrected chi connectivity index (χ3v) is 4.49. The van der Waals surface area contributed by atoms with Gasteiger partial charge in [-0.2, -0.15) is 0 Å². The number of fused-ring (bicyclic) bond motifs is 1. The average Bonchev–Trinajstić information content (AvgIpc) is 3.02. The molecule has 0 atom stereocenters. The van der Waals surface area contributed by atoms with Gasteiger partial charge in [-0.3, -0.25) is 0 Å². The molecule has 0 fully saturated rings. The van der Waals surface area contributed by atoms with Crippen LogP contribution in [0.5, 0.6) is 0 Å². The molecule has 3 nitrogen and oxygen atoms in total. The van der Waals surface area contributed by atoms with Crippen molar-refractivity contribution in [3.8, 4) is 0 Å². The molecule has 0 aliphatic heterocycles. The minimum Gasteiger partial charge on any atom is -0.396 e. The molecule has 27 heavy (non-hydrogen) atoms. The molecule has 2 aromatic rings. The Hall–Kier alpha value is -1.77. The van der Waals surface area contributed by atoms with E-state index in [1.165, 1.54) is 24.8 Å². The molecule has 1 aliphatic rings. The molecule has 0 N–H and O–H groups in total. The van der Waals surface area contributed by atoms with Crippen molar-refractivity contribution in [2.75, 3.05) is 0 Å². The third kappa shape index (κ3) is 7.40. The topological polar surface area (TPSA) is 43.4 Å². The van der Waals surface area contributed by atoms with Crippen molar-refractivity contribution in [3.63, 3.8) is 0 Å². The maximum atomic E-state index is 10.7. The van der Waals surface area contributed by atoms with Crippen LogP contribution < -0.4 is 5.82 Å². The molecule has 1 aromatic heterocycles. The van der Waals surface area contributed by atoms with E-state index in [-0.39, 0.29) is 20.3 Å². The number of rotatable bonds is 1. The van der Waals surface area contributed by atoms with Gasteiger partial charge < -0.3 is 8.83 Å². The summed E-state index contributed by atoms with van der Waals surface area (Å²) in [6, 6.07) is 7.02. The first kappa shape index (κ1) is 25.2. The standard InChI is InChI=1S/C13H18.C9H14O3.2CH4/c1-13(2,3)12-8-7-10-5-4-6-11(10)9-12;1-6-7(5-9(2,3)4)12-8(10)11-6;;/h7-9H,4-6H2,1-3H3;5H2,1-4H3;2*1H4. The summed E-state index contributed by atoms with van der Waals surface area (Å²) in [5, 5.41) is 0. The molecule has 1 aliphatic carbocycles. The number of aryl methyl sites for hydroxylation is 3. The normalized spacial score (nSPS) is 13.0. The van der Waals surface area contributed by atoms with Gasteiger partial charge in [0.15, 0.2) is 0 Å². The summed E-state index contributed by atoms with van der Waals surface area (Å²) in [4.78, 5) is 10.7. The molecule has 0 radical (unpaired) electrons. The van der Waals surface area contributed by atoms with Crippen LogP contribution in [0.2, 0.25) is 0 Å². The summed E-state index contributed by atoms with van der Waals surface area (Å²) in [5.41, 5.74) is 5.07. The predicted molar refractivity (Wildman–Crippen MR) is 116 cm³/mol. The largest absolute Gasteiger partial charge is 0.519 e. The molecular formula is C24H40O3. The van der Waals surface area contributed by atoms with E-state index >= 15 is 0 Å². The van der Waals surface area contributed by atoms with E-state index in [2.05, 4.69) is 59.7 Å². The lowest BCUT2D eigenvalue weighted by Crippen LogP contribution is -2.11. The smallest absolute Gasteiger partial charge is 0.396 e. The van der Waals surface area contributed by atoms with Gasteiger partial charge in [0.1, 0.15) is 11.5 Å². The Bertz CT molecular complexity index is 764. The summed E-state index contributed by atoms with van der Waals surface area (Å²) >= 11 is 0. The Kier molecular flexibility index (Phi) is 8.81. The Morgan fingerprint density at radius 2 is 1.52 bits per heavy atom. The van der Waals surface area contributed by atoms with Crippen LogP contribution in [0, 0.1) is 12.3 Å². The summed E-state index contributed by atoms with van der Waals surface area (Å²) < 4.78 is 9.61. The molecule has 1 heterocycles. The van der Waals surface area contributed by atoms with Gasteiger partial charge in [0.2, 0.25) is 0 Å². The minimum absolute atomic E-state index is 0. The molecule has 3 heteroatoms. The van der Waals surface area contributed by atoms with Gasteiger partial charge in [-0.25, -0.2) is 4.79 Å². The van der Waals surface area contributed by atoms with Crippen LogP contribution in [0.4, 0.5) is 0 Å². The summed E-state index contributed by atoms with van der Waals surface area (Å²) in [5.74, 6) is 0.647. The first-order valence-corrected chi connectivity index (χ1v) is 9.17. The van der Waals surface area contributed by atoms with Crippen molar-refractivity contribution in [1.29, 1.82) is 0 Å². The number of benzene rings is 1. The molecule has 0 saturated heterocycles. The highest BCUT2D eigenvalue weighted by atomic mass is 16.6. The van der Waals surface area contributed by atoms with Crippen molar-refractivity contribution in [1.82, 2.24) is 0 Å². The van der Waals surface area contributed by atoms with E-state index < -0.39 is 5.82 Å². The molecule has 0 saturated carbocycles. The average molecular weight is 377 g/mol. The van der Waals surface area contributed by atoms with Crippen LogP contribution in [-0.2, 0) is 24.7 Å². The number of hydrogen-bond donors (Lipinski definition) is 0. The molecule has 0 spiro atoms. The predicted octanol–water partition coefficient (Wildman–Crippen LogP) is 6.87. The maximum absolute atomic E-state index is 10.7. The SMILES string of the molecule is C.C.CC(C)(C)c1ccc2c(c1)CCC2.Cc1oc(=O)oc1CC(C)(C)C. The van der Waals surface area contributed by atoms with Crippen LogP contribution in [-0.4, -0.2) is 0 Å². The summed E-state index contributed by atoms with van der Waals surface area (Å²) in [7, 11) is 0. The highest BCUT2D eigenvalue weighted by Crippen LogP contribution is 2.28. The van der Waals surface area contributed by atoms with Gasteiger partial charge in [0.25, 0.3) is 0 Å². The zero-order valence-electron chi connectivity index (χ0n) is 16.8. The Balaban J connectivity index is 0.000000468. The van der Waals surface area contributed by atoms with Crippen molar-refractivity contribution >= 4 is 0 Å². The lowest BCUT2D eigenvalue weighted by atomic mass is 9.85. The van der Waals surface area contributed by atoms with E-state index in [0.29, 0.717) is 16.9 Å². The van der Waals surface area contributed by atoms with Crippen LogP contribution in [0.1, 0.15) is 91.0 Å². The van der Waals surface area contributed by atoms with E-state index in [4.69, 9.17) is 8.83 Å². The first-order chi connectivity index (χ1) is 11.5. The van der Waals surface area contributed by atoms with Crippen molar-refractivity contribution in [3.05, 3.63) is 57.0 Å². The fraction of sp³-hybridized carbons (Fsp3) is 0.625. The van der Waals surface area contributed by atoms with E-state index in [0.717, 1.165) is 6.42 Å². The van der Waals surface area contributed by atoms with Crippen LogP contribution in [0.3, 0.4) is 0 Å². The lowest BCUT2D eigenvalue weighted by Gasteiger charge is -2.19. The highest BCUT2D eigenvalue weighted by Gasteiger charge is 2.18. The lowest BCUT2D eigenvalue weighted by molar-refractivity contribution is 0.335. The molecule has 0 unspecified atom stereocenters. The Morgan fingerprint density at radius 1 is 0.926 bits per heavy atom. The van der Waals surface area contributed by atoms with E-state index in [1.54, 1.807) is 18.1 Å². The van der Waals surface area contributed by atoms with Gasteiger partial charge in [-0.1, -0.05) is 74.6 Å². The molecule has 154 valence electrons. The quantitative estimate of drug-likeness (QED) is 0.545. The maximum Gasteiger partial charge on any atom is 0.519 e. The second kappa shape index (κ2) is 9.43. The van der Waals surface area contributed by atoms with Crippen molar-refractivity contribution < 1.29 is 8.83 Å². The summed E-state index contributed by atoms with van der Waals surface area (Å²) in [6.45, 7) is 14.8. The fourth-order valence-electron chi connectivity index (χ4n) is 3.06. The van der Waals surface area contributed by atoms with Gasteiger partial charge in [0.05, 0.1) is 0 Å². The highest BCUT2D eigenvalue weighted by molar-refractivity contribution is 5.37. The van der Waals surface area contributed by atoms with Gasteiger partial charge in [-0.15, -0.1) is 0 Å². The number of hydrogen-bond acceptors (Lipinski definition) is 3. The second-order valence-corrected chi connectivity index (χ2v) is 9.26. The van der Waals surface area contributed by atoms with E-state index in [9.17, 15) is 4.79 Å². The van der Waals surface area contributed by atoms with Gasteiger partial charge >= 0.3 is 5.82 Å². The first-order valence-electron chi connectivity index (χ1n) is 9.17. The Labute approximate surface area is 166 Å². The second-order valence-electron chi connectivity index (χ2n) is 9.26. The van der Waals surface area contributed by atoms with Crippen molar-refractivity contribution in [2.24, 2.45) is 5.41 Å². The monoisotopic (exact) mass is 376 g/mol. The third-order valence-electron chi connectivity index (χ3n) is 4.49. The minimum atomic E-state index is -0.605. The van der Waals surface area contributed by atoms with Crippen LogP contribution >= 0.6 is 0 Å². The van der Waals surface area contributed by atoms with Gasteiger partial charge in [-0.05, 0) is 53.7 Å². The fourth-order valence-corrected chi connectivity index (χ4v) is 3.06. The summed E-state index contributed by atoms with van der Waals surface area (Å²) in [6.07, 6.45) is 4.66. The molecule has 3 rings (SSSR count). The Morgan fingerprint density at radius 3 is 2.00 bits per heavy atom. The molecule has 1 aromatic carbocycles. The van der Waals surface area contributed by atoms with E-state index in [1.807, 2.05) is 0 Å². The molecule has 0 amide bonds. The zero-order chi connectivity index (χ0) is 18.8. The molecule has 0 bridgehead atoms. The van der Waals surface area contributed by atoms with Crippen molar-refractivity contribution in [2.45, 2.75) is 94.4 Å². The molecular weight excluding hydrogens is 336 g/mol. The van der Waals surface area contributed by atoms with Gasteiger partial charge in [0, 0.05) is 6.42 Å². The van der Waals surface area contributed by atoms with Crippen LogP contribution in [0.15, 0.2) is 31.8 Å². The van der Waals surface area contributed by atoms with Crippen LogP contribution in [0.25, 0.3) is 0 Å².